The molecule has 0 spiro atoms. The minimum Gasteiger partial charge on any atom is -0.359 e. The molecule has 2 heterocycles. The van der Waals surface area contributed by atoms with Gasteiger partial charge in [-0.2, -0.15) is 0 Å². The van der Waals surface area contributed by atoms with Crippen molar-refractivity contribution in [3.8, 4) is 0 Å². The second-order valence-electron chi connectivity index (χ2n) is 4.55. The Morgan fingerprint density at radius 3 is 2.50 bits per heavy atom. The summed E-state index contributed by atoms with van der Waals surface area (Å²) in [5, 5.41) is 6.51. The van der Waals surface area contributed by atoms with E-state index < -0.39 is 5.54 Å². The zero-order chi connectivity index (χ0) is 13.3. The van der Waals surface area contributed by atoms with Crippen LogP contribution in [0.3, 0.4) is 0 Å². The van der Waals surface area contributed by atoms with Crippen molar-refractivity contribution in [3.63, 3.8) is 0 Å². The first-order chi connectivity index (χ1) is 8.52. The molecule has 1 N–H and O–H groups in total. The molecule has 18 heavy (non-hydrogen) atoms. The number of aromatic nitrogens is 1. The lowest BCUT2D eigenvalue weighted by Crippen LogP contribution is -2.45. The predicted molar refractivity (Wildman–Crippen MR) is 63.6 cm³/mol. The molecular formula is C12H17N3O3. The summed E-state index contributed by atoms with van der Waals surface area (Å²) < 4.78 is 5.03. The molecular weight excluding hydrogens is 234 g/mol. The van der Waals surface area contributed by atoms with Crippen LogP contribution in [-0.2, 0) is 11.3 Å². The number of carbonyl (C=O) groups excluding carboxylic acids is 2. The summed E-state index contributed by atoms with van der Waals surface area (Å²) in [5.74, 6) is 0.325. The molecule has 1 fully saturated rings. The second kappa shape index (κ2) is 4.44. The van der Waals surface area contributed by atoms with Gasteiger partial charge in [-0.25, -0.2) is 4.79 Å². The summed E-state index contributed by atoms with van der Waals surface area (Å²) in [5.41, 5.74) is -0.0270. The van der Waals surface area contributed by atoms with E-state index in [-0.39, 0.29) is 18.5 Å². The smallest absolute Gasteiger partial charge is 0.325 e. The number of hydrogen-bond acceptors (Lipinski definition) is 4. The van der Waals surface area contributed by atoms with Gasteiger partial charge in [-0.15, -0.1) is 0 Å². The molecule has 6 nitrogen and oxygen atoms in total. The molecule has 3 amide bonds. The number of nitrogens with one attached hydrogen (secondary N) is 1. The van der Waals surface area contributed by atoms with Crippen molar-refractivity contribution in [3.05, 3.63) is 17.5 Å². The molecule has 1 aliphatic heterocycles. The molecule has 2 rings (SSSR count). The van der Waals surface area contributed by atoms with Crippen molar-refractivity contribution >= 4 is 11.9 Å². The lowest BCUT2D eigenvalue weighted by molar-refractivity contribution is -0.132. The van der Waals surface area contributed by atoms with Crippen molar-refractivity contribution in [2.45, 2.75) is 45.7 Å². The van der Waals surface area contributed by atoms with Gasteiger partial charge in [0.25, 0.3) is 5.91 Å². The summed E-state index contributed by atoms with van der Waals surface area (Å²) in [6.45, 7) is 5.71. The minimum absolute atomic E-state index is 0.132. The highest BCUT2D eigenvalue weighted by atomic mass is 16.5. The van der Waals surface area contributed by atoms with Crippen LogP contribution in [0, 0.1) is 6.92 Å². The number of aryl methyl sites for hydroxylation is 1. The van der Waals surface area contributed by atoms with E-state index in [1.807, 2.05) is 13.8 Å². The Hall–Kier alpha value is -1.85. The van der Waals surface area contributed by atoms with Crippen LogP contribution in [0.25, 0.3) is 0 Å². The molecule has 1 aliphatic rings. The monoisotopic (exact) mass is 251 g/mol. The van der Waals surface area contributed by atoms with E-state index in [2.05, 4.69) is 10.5 Å². The molecule has 0 atom stereocenters. The largest absolute Gasteiger partial charge is 0.359 e. The Balaban J connectivity index is 2.19. The average molecular weight is 251 g/mol. The van der Waals surface area contributed by atoms with Crippen molar-refractivity contribution in [1.29, 1.82) is 0 Å². The van der Waals surface area contributed by atoms with Crippen LogP contribution >= 0.6 is 0 Å². The first-order valence-electron chi connectivity index (χ1n) is 6.08. The zero-order valence-corrected chi connectivity index (χ0v) is 10.8. The Morgan fingerprint density at radius 1 is 1.39 bits per heavy atom. The van der Waals surface area contributed by atoms with Crippen LogP contribution < -0.4 is 5.32 Å². The van der Waals surface area contributed by atoms with Gasteiger partial charge in [0.05, 0.1) is 12.2 Å². The van der Waals surface area contributed by atoms with Gasteiger partial charge < -0.3 is 9.84 Å². The molecule has 6 heteroatoms. The van der Waals surface area contributed by atoms with E-state index in [0.717, 1.165) is 5.69 Å². The predicted octanol–water partition coefficient (Wildman–Crippen LogP) is 1.59. The number of carbonyl (C=O) groups is 2. The summed E-state index contributed by atoms with van der Waals surface area (Å²) in [7, 11) is 0. The normalized spacial score (nSPS) is 18.3. The van der Waals surface area contributed by atoms with E-state index in [1.54, 1.807) is 13.0 Å². The molecule has 1 aromatic heterocycles. The first-order valence-corrected chi connectivity index (χ1v) is 6.08. The number of urea groups is 1. The Bertz CT molecular complexity index is 477. The fraction of sp³-hybridized carbons (Fsp3) is 0.583. The summed E-state index contributed by atoms with van der Waals surface area (Å²) in [4.78, 5) is 25.3. The van der Waals surface area contributed by atoms with Crippen LogP contribution in [0.5, 0.6) is 0 Å². The summed E-state index contributed by atoms with van der Waals surface area (Å²) in [6.07, 6.45) is 1.17. The molecule has 0 saturated carbocycles. The molecule has 0 radical (unpaired) electrons. The molecule has 0 unspecified atom stereocenters. The molecule has 0 aromatic carbocycles. The molecule has 0 bridgehead atoms. The van der Waals surface area contributed by atoms with Gasteiger partial charge in [0.15, 0.2) is 5.76 Å². The van der Waals surface area contributed by atoms with Gasteiger partial charge in [-0.3, -0.25) is 9.69 Å². The number of nitrogens with zero attached hydrogens (tertiary/aromatic N) is 2. The van der Waals surface area contributed by atoms with Crippen LogP contribution in [0.2, 0.25) is 0 Å². The maximum Gasteiger partial charge on any atom is 0.325 e. The van der Waals surface area contributed by atoms with Gasteiger partial charge >= 0.3 is 6.03 Å². The molecule has 1 aromatic rings. The number of imide groups is 1. The Kier molecular flexibility index (Phi) is 3.11. The third-order valence-corrected chi connectivity index (χ3v) is 3.44. The van der Waals surface area contributed by atoms with Gasteiger partial charge in [0, 0.05) is 6.07 Å². The second-order valence-corrected chi connectivity index (χ2v) is 4.55. The molecule has 1 saturated heterocycles. The number of hydrogen-bond donors (Lipinski definition) is 1. The standard InChI is InChI=1S/C12H17N3O3/c1-4-12(5-2)10(16)15(11(17)13-12)7-9-6-8(3)14-18-9/h6H,4-5,7H2,1-3H3,(H,13,17). The third-order valence-electron chi connectivity index (χ3n) is 3.44. The van der Waals surface area contributed by atoms with Gasteiger partial charge in [0.1, 0.15) is 5.54 Å². The van der Waals surface area contributed by atoms with Gasteiger partial charge in [-0.1, -0.05) is 19.0 Å². The Morgan fingerprint density at radius 2 is 2.06 bits per heavy atom. The number of rotatable bonds is 4. The Labute approximate surface area is 105 Å². The highest BCUT2D eigenvalue weighted by molar-refractivity contribution is 6.06. The van der Waals surface area contributed by atoms with E-state index in [9.17, 15) is 9.59 Å². The third kappa shape index (κ3) is 1.87. The van der Waals surface area contributed by atoms with Crippen LogP contribution in [0.1, 0.15) is 38.1 Å². The maximum atomic E-state index is 12.3. The summed E-state index contributed by atoms with van der Waals surface area (Å²) >= 11 is 0. The van der Waals surface area contributed by atoms with Crippen molar-refractivity contribution in [1.82, 2.24) is 15.4 Å². The fourth-order valence-electron chi connectivity index (χ4n) is 2.20. The van der Waals surface area contributed by atoms with E-state index in [4.69, 9.17) is 4.52 Å². The average Bonchev–Trinajstić information content (AvgIpc) is 2.86. The van der Waals surface area contributed by atoms with Crippen LogP contribution in [-0.4, -0.2) is 27.5 Å². The van der Waals surface area contributed by atoms with Gasteiger partial charge in [0.2, 0.25) is 0 Å². The van der Waals surface area contributed by atoms with E-state index in [1.165, 1.54) is 4.90 Å². The fourth-order valence-corrected chi connectivity index (χ4v) is 2.20. The number of amides is 3. The lowest BCUT2D eigenvalue weighted by Gasteiger charge is -2.22. The lowest BCUT2D eigenvalue weighted by atomic mass is 9.93. The van der Waals surface area contributed by atoms with E-state index in [0.29, 0.717) is 18.6 Å². The highest BCUT2D eigenvalue weighted by Crippen LogP contribution is 2.26. The van der Waals surface area contributed by atoms with Crippen LogP contribution in [0.4, 0.5) is 4.79 Å². The van der Waals surface area contributed by atoms with Crippen LogP contribution in [0.15, 0.2) is 10.6 Å². The molecule has 0 aliphatic carbocycles. The van der Waals surface area contributed by atoms with Crippen molar-refractivity contribution in [2.75, 3.05) is 0 Å². The SMILES string of the molecule is CCC1(CC)NC(=O)N(Cc2cc(C)no2)C1=O. The van der Waals surface area contributed by atoms with Crippen molar-refractivity contribution < 1.29 is 14.1 Å². The highest BCUT2D eigenvalue weighted by Gasteiger charge is 2.48. The zero-order valence-electron chi connectivity index (χ0n) is 10.8. The first kappa shape index (κ1) is 12.6. The molecule has 98 valence electrons. The minimum atomic E-state index is -0.758. The van der Waals surface area contributed by atoms with Crippen molar-refractivity contribution in [2.24, 2.45) is 0 Å². The van der Waals surface area contributed by atoms with E-state index >= 15 is 0 Å². The van der Waals surface area contributed by atoms with Gasteiger partial charge in [-0.05, 0) is 19.8 Å². The summed E-state index contributed by atoms with van der Waals surface area (Å²) in [6, 6.07) is 1.36. The maximum absolute atomic E-state index is 12.3. The topological polar surface area (TPSA) is 75.4 Å². The quantitative estimate of drug-likeness (QED) is 0.824.